The second kappa shape index (κ2) is 8.53. The van der Waals surface area contributed by atoms with Crippen LogP contribution in [0.2, 0.25) is 5.02 Å². The number of carbonyl (C=O) groups is 3. The molecule has 7 nitrogen and oxygen atoms in total. The number of nitrogens with one attached hydrogen (secondary N) is 2. The average molecular weight is 379 g/mol. The number of aromatic nitrogens is 1. The number of para-hydroxylation sites is 1. The smallest absolute Gasteiger partial charge is 0.355 e. The summed E-state index contributed by atoms with van der Waals surface area (Å²) >= 11 is 5.96. The molecule has 2 rings (SSSR count). The third-order valence-corrected chi connectivity index (χ3v) is 3.93. The van der Waals surface area contributed by atoms with Crippen LogP contribution in [0.25, 0.3) is 0 Å². The van der Waals surface area contributed by atoms with Crippen LogP contribution in [-0.4, -0.2) is 36.0 Å². The molecule has 0 aliphatic rings. The van der Waals surface area contributed by atoms with E-state index in [1.807, 2.05) is 0 Å². The van der Waals surface area contributed by atoms with Crippen LogP contribution in [0.1, 0.15) is 39.0 Å². The van der Waals surface area contributed by atoms with Crippen LogP contribution < -0.4 is 5.32 Å². The van der Waals surface area contributed by atoms with Gasteiger partial charge in [-0.25, -0.2) is 9.59 Å². The Hall–Kier alpha value is -2.80. The van der Waals surface area contributed by atoms with Gasteiger partial charge in [0.1, 0.15) is 5.69 Å². The molecule has 0 bridgehead atoms. The highest BCUT2D eigenvalue weighted by molar-refractivity contribution is 6.33. The lowest BCUT2D eigenvalue weighted by Gasteiger charge is -2.08. The van der Waals surface area contributed by atoms with Crippen molar-refractivity contribution in [1.29, 1.82) is 0 Å². The van der Waals surface area contributed by atoms with Gasteiger partial charge in [-0.05, 0) is 38.5 Å². The van der Waals surface area contributed by atoms with Gasteiger partial charge in [-0.2, -0.15) is 0 Å². The van der Waals surface area contributed by atoms with Gasteiger partial charge < -0.3 is 19.8 Å². The fourth-order valence-electron chi connectivity index (χ4n) is 2.42. The van der Waals surface area contributed by atoms with Crippen molar-refractivity contribution in [3.8, 4) is 0 Å². The lowest BCUT2D eigenvalue weighted by atomic mass is 10.1. The van der Waals surface area contributed by atoms with Crippen molar-refractivity contribution in [2.75, 3.05) is 18.5 Å². The summed E-state index contributed by atoms with van der Waals surface area (Å²) in [6.45, 7) is 4.67. The molecule has 8 heteroatoms. The molecule has 0 unspecified atom stereocenters. The van der Waals surface area contributed by atoms with Crippen molar-refractivity contribution in [3.63, 3.8) is 0 Å². The second-order valence-corrected chi connectivity index (χ2v) is 5.86. The molecule has 1 heterocycles. The zero-order chi connectivity index (χ0) is 19.3. The molecule has 0 saturated carbocycles. The van der Waals surface area contributed by atoms with Gasteiger partial charge in [-0.15, -0.1) is 0 Å². The molecule has 0 radical (unpaired) electrons. The number of ether oxygens (including phenoxy) is 2. The van der Waals surface area contributed by atoms with Crippen LogP contribution in [0.5, 0.6) is 0 Å². The Kier molecular flexibility index (Phi) is 6.41. The molecule has 1 amide bonds. The molecule has 0 fully saturated rings. The summed E-state index contributed by atoms with van der Waals surface area (Å²) in [4.78, 5) is 38.9. The van der Waals surface area contributed by atoms with Crippen LogP contribution in [0, 0.1) is 13.8 Å². The molecule has 138 valence electrons. The van der Waals surface area contributed by atoms with E-state index in [1.165, 1.54) is 0 Å². The molecule has 26 heavy (non-hydrogen) atoms. The van der Waals surface area contributed by atoms with Gasteiger partial charge >= 0.3 is 11.9 Å². The number of hydrogen-bond acceptors (Lipinski definition) is 5. The number of benzene rings is 1. The first-order valence-corrected chi connectivity index (χ1v) is 8.30. The Morgan fingerprint density at radius 2 is 1.81 bits per heavy atom. The van der Waals surface area contributed by atoms with E-state index in [0.29, 0.717) is 22.0 Å². The van der Waals surface area contributed by atoms with Crippen molar-refractivity contribution in [1.82, 2.24) is 4.98 Å². The minimum Gasteiger partial charge on any atom is -0.461 e. The minimum absolute atomic E-state index is 0.191. The molecule has 0 aliphatic carbocycles. The lowest BCUT2D eigenvalue weighted by molar-refractivity contribution is -0.119. The van der Waals surface area contributed by atoms with Crippen molar-refractivity contribution in [2.45, 2.75) is 20.8 Å². The minimum atomic E-state index is -0.707. The zero-order valence-corrected chi connectivity index (χ0v) is 15.4. The summed E-state index contributed by atoms with van der Waals surface area (Å²) in [5, 5.41) is 2.93. The van der Waals surface area contributed by atoms with Gasteiger partial charge in [0.05, 0.1) is 22.9 Å². The van der Waals surface area contributed by atoms with Crippen LogP contribution >= 0.6 is 11.6 Å². The lowest BCUT2D eigenvalue weighted by Crippen LogP contribution is -2.21. The predicted octanol–water partition coefficient (Wildman–Crippen LogP) is 3.26. The Balaban J connectivity index is 2.03. The van der Waals surface area contributed by atoms with Gasteiger partial charge in [-0.3, -0.25) is 4.79 Å². The van der Waals surface area contributed by atoms with Gasteiger partial charge in [0.2, 0.25) is 0 Å². The maximum absolute atomic E-state index is 12.3. The molecule has 2 N–H and O–H groups in total. The van der Waals surface area contributed by atoms with Gasteiger partial charge in [0.15, 0.2) is 6.61 Å². The SMILES string of the molecule is CCOC(=O)c1[nH]c(C)c(C(=O)OCC(=O)Nc2ccccc2Cl)c1C. The number of halogens is 1. The second-order valence-electron chi connectivity index (χ2n) is 5.45. The van der Waals surface area contributed by atoms with Gasteiger partial charge in [0, 0.05) is 5.69 Å². The van der Waals surface area contributed by atoms with Crippen molar-refractivity contribution in [3.05, 3.63) is 51.8 Å². The Morgan fingerprint density at radius 1 is 1.12 bits per heavy atom. The van der Waals surface area contributed by atoms with E-state index in [0.717, 1.165) is 0 Å². The Labute approximate surface area is 155 Å². The topological polar surface area (TPSA) is 97.5 Å². The summed E-state index contributed by atoms with van der Waals surface area (Å²) in [6, 6.07) is 6.72. The number of aryl methyl sites for hydroxylation is 1. The third-order valence-electron chi connectivity index (χ3n) is 3.60. The van der Waals surface area contributed by atoms with E-state index < -0.39 is 24.5 Å². The van der Waals surface area contributed by atoms with Crippen LogP contribution in [0.15, 0.2) is 24.3 Å². The normalized spacial score (nSPS) is 10.3. The first-order chi connectivity index (χ1) is 12.3. The highest BCUT2D eigenvalue weighted by Gasteiger charge is 2.24. The van der Waals surface area contributed by atoms with E-state index in [-0.39, 0.29) is 17.9 Å². The molecule has 1 aromatic carbocycles. The van der Waals surface area contributed by atoms with Crippen molar-refractivity contribution in [2.24, 2.45) is 0 Å². The number of rotatable bonds is 6. The Bertz CT molecular complexity index is 844. The van der Waals surface area contributed by atoms with E-state index in [1.54, 1.807) is 45.0 Å². The fraction of sp³-hybridized carbons (Fsp3) is 0.278. The summed E-state index contributed by atoms with van der Waals surface area (Å²) in [5.41, 5.74) is 1.70. The summed E-state index contributed by atoms with van der Waals surface area (Å²) in [6.07, 6.45) is 0. The summed E-state index contributed by atoms with van der Waals surface area (Å²) in [7, 11) is 0. The maximum Gasteiger partial charge on any atom is 0.355 e. The molecule has 0 spiro atoms. The van der Waals surface area contributed by atoms with Crippen LogP contribution in [0.4, 0.5) is 5.69 Å². The number of anilines is 1. The van der Waals surface area contributed by atoms with Crippen molar-refractivity contribution < 1.29 is 23.9 Å². The molecule has 2 aromatic rings. The first kappa shape index (κ1) is 19.5. The number of amides is 1. The highest BCUT2D eigenvalue weighted by Crippen LogP contribution is 2.21. The largest absolute Gasteiger partial charge is 0.461 e. The van der Waals surface area contributed by atoms with Crippen LogP contribution in [-0.2, 0) is 14.3 Å². The first-order valence-electron chi connectivity index (χ1n) is 7.92. The molecule has 0 saturated heterocycles. The number of H-pyrrole nitrogens is 1. The summed E-state index contributed by atoms with van der Waals surface area (Å²) < 4.78 is 9.98. The maximum atomic E-state index is 12.3. The monoisotopic (exact) mass is 378 g/mol. The highest BCUT2D eigenvalue weighted by atomic mass is 35.5. The Morgan fingerprint density at radius 3 is 2.46 bits per heavy atom. The van der Waals surface area contributed by atoms with Gasteiger partial charge in [0.25, 0.3) is 5.91 Å². The quantitative estimate of drug-likeness (QED) is 0.752. The number of aromatic amines is 1. The van der Waals surface area contributed by atoms with Gasteiger partial charge in [-0.1, -0.05) is 23.7 Å². The van der Waals surface area contributed by atoms with Crippen LogP contribution in [0.3, 0.4) is 0 Å². The number of esters is 2. The standard InChI is InChI=1S/C18H19ClN2O5/c1-4-25-18(24)16-10(2)15(11(3)20-16)17(23)26-9-14(22)21-13-8-6-5-7-12(13)19/h5-8,20H,4,9H2,1-3H3,(H,21,22). The molecule has 0 aliphatic heterocycles. The van der Waals surface area contributed by atoms with E-state index in [9.17, 15) is 14.4 Å². The van der Waals surface area contributed by atoms with Crippen molar-refractivity contribution >= 4 is 35.1 Å². The van der Waals surface area contributed by atoms with E-state index in [2.05, 4.69) is 10.3 Å². The summed E-state index contributed by atoms with van der Waals surface area (Å²) in [5.74, 6) is -1.78. The predicted molar refractivity (Wildman–Crippen MR) is 96.6 cm³/mol. The number of hydrogen-bond donors (Lipinski definition) is 2. The number of carbonyl (C=O) groups excluding carboxylic acids is 3. The third kappa shape index (κ3) is 4.43. The zero-order valence-electron chi connectivity index (χ0n) is 14.6. The van der Waals surface area contributed by atoms with E-state index in [4.69, 9.17) is 21.1 Å². The molecule has 1 aromatic heterocycles. The average Bonchev–Trinajstić information content (AvgIpc) is 2.90. The fourth-order valence-corrected chi connectivity index (χ4v) is 2.60. The van der Waals surface area contributed by atoms with E-state index >= 15 is 0 Å². The molecule has 0 atom stereocenters. The molecular formula is C18H19ClN2O5. The molecular weight excluding hydrogens is 360 g/mol.